The van der Waals surface area contributed by atoms with Gasteiger partial charge in [-0.15, -0.1) is 0 Å². The second kappa shape index (κ2) is 7.92. The Labute approximate surface area is 163 Å². The quantitative estimate of drug-likeness (QED) is 0.706. The monoisotopic (exact) mass is 432 g/mol. The molecule has 1 heterocycles. The van der Waals surface area contributed by atoms with Crippen molar-refractivity contribution in [3.8, 4) is 0 Å². The van der Waals surface area contributed by atoms with Crippen LogP contribution in [0, 0.1) is 17.5 Å². The van der Waals surface area contributed by atoms with Crippen LogP contribution in [0.5, 0.6) is 0 Å². The van der Waals surface area contributed by atoms with Crippen molar-refractivity contribution >= 4 is 39.1 Å². The van der Waals surface area contributed by atoms with E-state index in [9.17, 15) is 31.5 Å². The lowest BCUT2D eigenvalue weighted by atomic mass is 10.1. The molecule has 2 N–H and O–H groups in total. The van der Waals surface area contributed by atoms with Crippen LogP contribution >= 0.6 is 11.8 Å². The first kappa shape index (κ1) is 20.3. The highest BCUT2D eigenvalue weighted by Gasteiger charge is 2.25. The number of benzene rings is 2. The predicted octanol–water partition coefficient (Wildman–Crippen LogP) is 3.16. The number of anilines is 2. The number of hydrogen-bond donors (Lipinski definition) is 2. The van der Waals surface area contributed by atoms with Crippen LogP contribution < -0.4 is 9.62 Å². The zero-order chi connectivity index (χ0) is 20.5. The Hall–Kier alpha value is -2.40. The summed E-state index contributed by atoms with van der Waals surface area (Å²) in [5.41, 5.74) is 0.171. The van der Waals surface area contributed by atoms with Crippen molar-refractivity contribution in [2.45, 2.75) is 4.90 Å². The highest BCUT2D eigenvalue weighted by atomic mass is 32.2. The molecule has 0 radical (unpaired) electrons. The zero-order valence-corrected chi connectivity index (χ0v) is 15.9. The minimum Gasteiger partial charge on any atom is -0.478 e. The summed E-state index contributed by atoms with van der Waals surface area (Å²) in [6, 6.07) is 4.98. The first-order valence-electron chi connectivity index (χ1n) is 8.07. The molecule has 11 heteroatoms. The molecule has 0 bridgehead atoms. The minimum atomic E-state index is -4.60. The molecule has 28 heavy (non-hydrogen) atoms. The maximum Gasteiger partial charge on any atom is 0.337 e. The number of sulfonamides is 1. The Morgan fingerprint density at radius 1 is 1.07 bits per heavy atom. The van der Waals surface area contributed by atoms with E-state index < -0.39 is 38.3 Å². The number of nitrogens with zero attached hydrogens (tertiary/aromatic N) is 1. The molecular weight excluding hydrogens is 417 g/mol. The Morgan fingerprint density at radius 2 is 1.75 bits per heavy atom. The molecule has 1 aliphatic rings. The van der Waals surface area contributed by atoms with Gasteiger partial charge in [-0.1, -0.05) is 0 Å². The molecule has 0 spiro atoms. The third-order valence-corrected chi connectivity index (χ3v) is 6.46. The molecular formula is C17H15F3N2O4S2. The molecule has 0 saturated carbocycles. The van der Waals surface area contributed by atoms with Crippen molar-refractivity contribution in [3.63, 3.8) is 0 Å². The number of carboxylic acids is 1. The zero-order valence-electron chi connectivity index (χ0n) is 14.3. The molecule has 0 unspecified atom stereocenters. The van der Waals surface area contributed by atoms with Crippen molar-refractivity contribution in [1.82, 2.24) is 0 Å². The van der Waals surface area contributed by atoms with Crippen molar-refractivity contribution < 1.29 is 31.5 Å². The third-order valence-electron chi connectivity index (χ3n) is 4.12. The van der Waals surface area contributed by atoms with E-state index in [0.29, 0.717) is 30.9 Å². The number of halogens is 3. The fourth-order valence-corrected chi connectivity index (χ4v) is 4.80. The fraction of sp³-hybridized carbons (Fsp3) is 0.235. The van der Waals surface area contributed by atoms with Gasteiger partial charge in [0.25, 0.3) is 10.0 Å². The van der Waals surface area contributed by atoms with E-state index in [1.54, 1.807) is 11.8 Å². The average molecular weight is 432 g/mol. The molecule has 1 saturated heterocycles. The van der Waals surface area contributed by atoms with Crippen LogP contribution in [0.4, 0.5) is 24.5 Å². The lowest BCUT2D eigenvalue weighted by Crippen LogP contribution is -2.33. The van der Waals surface area contributed by atoms with Crippen molar-refractivity contribution in [2.75, 3.05) is 34.2 Å². The van der Waals surface area contributed by atoms with Crippen LogP contribution in [0.1, 0.15) is 10.4 Å². The van der Waals surface area contributed by atoms with Gasteiger partial charge in [0, 0.05) is 30.3 Å². The third kappa shape index (κ3) is 4.04. The fourth-order valence-electron chi connectivity index (χ4n) is 2.78. The smallest absolute Gasteiger partial charge is 0.337 e. The van der Waals surface area contributed by atoms with Crippen LogP contribution in [-0.4, -0.2) is 44.1 Å². The van der Waals surface area contributed by atoms with Crippen LogP contribution in [0.2, 0.25) is 0 Å². The van der Waals surface area contributed by atoms with E-state index in [4.69, 9.17) is 0 Å². The summed E-state index contributed by atoms with van der Waals surface area (Å²) in [6.45, 7) is 1.30. The molecule has 0 amide bonds. The topological polar surface area (TPSA) is 86.7 Å². The number of rotatable bonds is 5. The largest absolute Gasteiger partial charge is 0.478 e. The lowest BCUT2D eigenvalue weighted by Gasteiger charge is -2.29. The first-order valence-corrected chi connectivity index (χ1v) is 10.7. The van der Waals surface area contributed by atoms with Gasteiger partial charge in [-0.2, -0.15) is 11.8 Å². The Bertz CT molecular complexity index is 1030. The summed E-state index contributed by atoms with van der Waals surface area (Å²) in [7, 11) is -4.60. The number of hydrogen-bond acceptors (Lipinski definition) is 5. The van der Waals surface area contributed by atoms with Crippen LogP contribution in [0.15, 0.2) is 35.2 Å². The van der Waals surface area contributed by atoms with Gasteiger partial charge in [0.2, 0.25) is 0 Å². The van der Waals surface area contributed by atoms with Crippen LogP contribution in [0.25, 0.3) is 0 Å². The number of thioether (sulfide) groups is 1. The summed E-state index contributed by atoms with van der Waals surface area (Å²) in [4.78, 5) is 12.4. The van der Waals surface area contributed by atoms with Crippen molar-refractivity contribution in [1.29, 1.82) is 0 Å². The minimum absolute atomic E-state index is 0.127. The average Bonchev–Trinajstić information content (AvgIpc) is 2.66. The first-order chi connectivity index (χ1) is 13.2. The molecule has 1 fully saturated rings. The Morgan fingerprint density at radius 3 is 2.39 bits per heavy atom. The van der Waals surface area contributed by atoms with Crippen molar-refractivity contribution in [2.24, 2.45) is 0 Å². The summed E-state index contributed by atoms with van der Waals surface area (Å²) < 4.78 is 66.9. The number of carbonyl (C=O) groups is 1. The summed E-state index contributed by atoms with van der Waals surface area (Å²) in [5.74, 6) is -4.87. The molecule has 1 aliphatic heterocycles. The van der Waals surface area contributed by atoms with E-state index in [1.807, 2.05) is 9.62 Å². The highest BCUT2D eigenvalue weighted by molar-refractivity contribution is 7.99. The molecule has 3 rings (SSSR count). The van der Waals surface area contributed by atoms with Gasteiger partial charge in [0.1, 0.15) is 4.90 Å². The molecule has 0 atom stereocenters. The second-order valence-electron chi connectivity index (χ2n) is 5.92. The maximum absolute atomic E-state index is 13.8. The summed E-state index contributed by atoms with van der Waals surface area (Å²) in [5, 5.41) is 9.49. The van der Waals surface area contributed by atoms with E-state index >= 15 is 0 Å². The van der Waals surface area contributed by atoms with Gasteiger partial charge in [-0.25, -0.2) is 26.4 Å². The second-order valence-corrected chi connectivity index (χ2v) is 8.79. The summed E-state index contributed by atoms with van der Waals surface area (Å²) >= 11 is 1.75. The highest BCUT2D eigenvalue weighted by Crippen LogP contribution is 2.29. The van der Waals surface area contributed by atoms with Gasteiger partial charge in [-0.3, -0.25) is 4.72 Å². The van der Waals surface area contributed by atoms with Gasteiger partial charge in [0.05, 0.1) is 11.3 Å². The van der Waals surface area contributed by atoms with E-state index in [2.05, 4.69) is 0 Å². The normalized spacial score (nSPS) is 14.8. The van der Waals surface area contributed by atoms with Crippen LogP contribution in [0.3, 0.4) is 0 Å². The molecule has 0 aromatic heterocycles. The van der Waals surface area contributed by atoms with Crippen LogP contribution in [-0.2, 0) is 10.0 Å². The standard InChI is InChI=1S/C17H15F3N2O4S2/c18-12-2-4-14(16(20)15(12)19)28(25,26)21-10-1-3-13(11(9-10)17(23)24)22-5-7-27-8-6-22/h1-4,9,21H,5-8H2,(H,23,24). The number of carboxylic acid groups (broad SMARTS) is 1. The SMILES string of the molecule is O=C(O)c1cc(NS(=O)(=O)c2ccc(F)c(F)c2F)ccc1N1CCSCC1. The molecule has 150 valence electrons. The Kier molecular flexibility index (Phi) is 5.75. The van der Waals surface area contributed by atoms with E-state index in [1.165, 1.54) is 12.1 Å². The van der Waals surface area contributed by atoms with E-state index in [0.717, 1.165) is 17.6 Å². The van der Waals surface area contributed by atoms with E-state index in [-0.39, 0.29) is 11.3 Å². The van der Waals surface area contributed by atoms with Gasteiger partial charge in [0.15, 0.2) is 17.5 Å². The predicted molar refractivity (Wildman–Crippen MR) is 100 cm³/mol. The number of nitrogens with one attached hydrogen (secondary N) is 1. The maximum atomic E-state index is 13.8. The summed E-state index contributed by atoms with van der Waals surface area (Å²) in [6.07, 6.45) is 0. The molecule has 6 nitrogen and oxygen atoms in total. The van der Waals surface area contributed by atoms with Gasteiger partial charge >= 0.3 is 5.97 Å². The van der Waals surface area contributed by atoms with Gasteiger partial charge < -0.3 is 10.0 Å². The molecule has 0 aliphatic carbocycles. The Balaban J connectivity index is 1.95. The molecule has 2 aromatic rings. The van der Waals surface area contributed by atoms with Crippen molar-refractivity contribution in [3.05, 3.63) is 53.3 Å². The van der Waals surface area contributed by atoms with Gasteiger partial charge in [-0.05, 0) is 30.3 Å². The number of aromatic carboxylic acids is 1. The molecule has 2 aromatic carbocycles. The lowest BCUT2D eigenvalue weighted by molar-refractivity contribution is 0.0697.